The summed E-state index contributed by atoms with van der Waals surface area (Å²) in [7, 11) is 0. The number of benzene rings is 1. The van der Waals surface area contributed by atoms with E-state index in [2.05, 4.69) is 15.2 Å². The predicted molar refractivity (Wildman–Crippen MR) is 93.3 cm³/mol. The summed E-state index contributed by atoms with van der Waals surface area (Å²) < 4.78 is 68.3. The minimum atomic E-state index is -2.75. The lowest BCUT2D eigenvalue weighted by Gasteiger charge is -2.34. The maximum absolute atomic E-state index is 13.8. The van der Waals surface area contributed by atoms with E-state index < -0.39 is 35.3 Å². The summed E-state index contributed by atoms with van der Waals surface area (Å²) >= 11 is 0.720. The van der Waals surface area contributed by atoms with Crippen LogP contribution in [0.2, 0.25) is 0 Å². The lowest BCUT2D eigenvalue weighted by atomic mass is 10.1. The summed E-state index contributed by atoms with van der Waals surface area (Å²) in [6.45, 7) is 0.446. The van der Waals surface area contributed by atoms with Crippen LogP contribution in [0, 0.1) is 11.6 Å². The molecule has 150 valence electrons. The van der Waals surface area contributed by atoms with Crippen LogP contribution in [0.5, 0.6) is 0 Å². The van der Waals surface area contributed by atoms with Gasteiger partial charge in [0, 0.05) is 25.2 Å². The molecule has 2 aromatic heterocycles. The molecular weight excluding hydrogens is 403 g/mol. The van der Waals surface area contributed by atoms with Crippen LogP contribution in [0.15, 0.2) is 12.1 Å². The van der Waals surface area contributed by atoms with Gasteiger partial charge in [-0.3, -0.25) is 0 Å². The normalized spacial score (nSPS) is 20.5. The number of halogens is 5. The van der Waals surface area contributed by atoms with Gasteiger partial charge in [0.15, 0.2) is 16.6 Å². The molecule has 1 aliphatic rings. The topological polar surface area (TPSA) is 72.9 Å². The van der Waals surface area contributed by atoms with Crippen LogP contribution in [0.4, 0.5) is 27.9 Å². The molecule has 1 aromatic carbocycles. The smallest absolute Gasteiger partial charge is 0.291 e. The lowest BCUT2D eigenvalue weighted by Crippen LogP contribution is -2.50. The number of aromatic nitrogens is 4. The van der Waals surface area contributed by atoms with Gasteiger partial charge in [-0.1, -0.05) is 11.3 Å². The maximum Gasteiger partial charge on any atom is 0.291 e. The van der Waals surface area contributed by atoms with Gasteiger partial charge in [-0.05, 0) is 6.42 Å². The fraction of sp³-hybridized carbons (Fsp3) is 0.438. The Morgan fingerprint density at radius 3 is 2.64 bits per heavy atom. The fourth-order valence-electron chi connectivity index (χ4n) is 3.19. The number of hydrogen-bond acceptors (Lipinski definition) is 6. The maximum atomic E-state index is 13.8. The zero-order valence-corrected chi connectivity index (χ0v) is 15.1. The van der Waals surface area contributed by atoms with Crippen LogP contribution in [0.3, 0.4) is 0 Å². The number of alkyl halides is 3. The van der Waals surface area contributed by atoms with Crippen LogP contribution < -0.4 is 10.6 Å². The third-order valence-corrected chi connectivity index (χ3v) is 5.50. The highest BCUT2D eigenvalue weighted by Crippen LogP contribution is 2.30. The molecule has 4 rings (SSSR count). The van der Waals surface area contributed by atoms with E-state index >= 15 is 0 Å². The number of rotatable bonds is 4. The van der Waals surface area contributed by atoms with Gasteiger partial charge < -0.3 is 15.2 Å². The zero-order valence-electron chi connectivity index (χ0n) is 14.3. The Morgan fingerprint density at radius 1 is 1.21 bits per heavy atom. The number of anilines is 1. The molecule has 0 saturated carbocycles. The van der Waals surface area contributed by atoms with Crippen molar-refractivity contribution in [3.8, 4) is 0 Å². The van der Waals surface area contributed by atoms with Crippen LogP contribution in [-0.4, -0.2) is 45.1 Å². The summed E-state index contributed by atoms with van der Waals surface area (Å²) in [6, 6.07) is 1.21. The molecule has 28 heavy (non-hydrogen) atoms. The molecule has 1 aliphatic heterocycles. The van der Waals surface area contributed by atoms with Gasteiger partial charge in [0.2, 0.25) is 5.95 Å². The third kappa shape index (κ3) is 3.41. The molecule has 0 aliphatic carbocycles. The van der Waals surface area contributed by atoms with E-state index in [9.17, 15) is 22.0 Å². The van der Waals surface area contributed by atoms with Gasteiger partial charge in [0.25, 0.3) is 6.43 Å². The molecule has 6 nitrogen and oxygen atoms in total. The van der Waals surface area contributed by atoms with E-state index in [-0.39, 0.29) is 35.6 Å². The van der Waals surface area contributed by atoms with Gasteiger partial charge in [-0.2, -0.15) is 0 Å². The zero-order chi connectivity index (χ0) is 20.0. The Kier molecular flexibility index (Phi) is 4.91. The number of imidazole rings is 1. The highest BCUT2D eigenvalue weighted by Gasteiger charge is 2.30. The summed E-state index contributed by atoms with van der Waals surface area (Å²) in [5.74, 6) is -1.81. The SMILES string of the molecule is N[C@@H]1CN(c2nc3cc(F)c(F)cc3n2Cc2nnc(C(F)F)s2)CC[C@H]1F. The van der Waals surface area contributed by atoms with Crippen molar-refractivity contribution in [2.75, 3.05) is 18.0 Å². The van der Waals surface area contributed by atoms with Gasteiger partial charge in [-0.15, -0.1) is 10.2 Å². The summed E-state index contributed by atoms with van der Waals surface area (Å²) in [4.78, 5) is 6.06. The van der Waals surface area contributed by atoms with E-state index in [4.69, 9.17) is 5.73 Å². The molecule has 12 heteroatoms. The first-order valence-corrected chi connectivity index (χ1v) is 9.25. The van der Waals surface area contributed by atoms with Crippen molar-refractivity contribution in [3.63, 3.8) is 0 Å². The second kappa shape index (κ2) is 7.24. The summed E-state index contributed by atoms with van der Waals surface area (Å²) in [5.41, 5.74) is 6.26. The summed E-state index contributed by atoms with van der Waals surface area (Å²) in [5, 5.41) is 7.00. The number of fused-ring (bicyclic) bond motifs is 1. The molecule has 0 spiro atoms. The first-order valence-electron chi connectivity index (χ1n) is 8.43. The molecule has 0 amide bonds. The number of piperidine rings is 1. The average molecular weight is 418 g/mol. The Labute approximate surface area is 159 Å². The van der Waals surface area contributed by atoms with Crippen molar-refractivity contribution in [1.82, 2.24) is 19.7 Å². The standard InChI is InChI=1S/C16H15F5N6S/c17-7-1-2-26(5-10(7)22)16-23-11-3-8(18)9(19)4-12(11)27(16)6-13-24-25-15(28-13)14(20)21/h3-4,7,10,14H,1-2,5-6,22H2/t7-,10-/m1/s1. The van der Waals surface area contributed by atoms with Gasteiger partial charge in [-0.25, -0.2) is 26.9 Å². The monoisotopic (exact) mass is 418 g/mol. The molecule has 0 radical (unpaired) electrons. The van der Waals surface area contributed by atoms with Crippen LogP contribution in [-0.2, 0) is 6.54 Å². The van der Waals surface area contributed by atoms with E-state index in [1.54, 1.807) is 4.90 Å². The molecule has 2 N–H and O–H groups in total. The Hall–Kier alpha value is -2.34. The quantitative estimate of drug-likeness (QED) is 0.660. The Bertz CT molecular complexity index is 1000. The molecule has 2 atom stereocenters. The predicted octanol–water partition coefficient (Wildman–Crippen LogP) is 3.03. The Morgan fingerprint density at radius 2 is 1.96 bits per heavy atom. The van der Waals surface area contributed by atoms with Crippen LogP contribution in [0.25, 0.3) is 11.0 Å². The number of nitrogens with two attached hydrogens (primary N) is 1. The first-order chi connectivity index (χ1) is 13.3. The fourth-order valence-corrected chi connectivity index (χ4v) is 3.88. The number of nitrogens with zero attached hydrogens (tertiary/aromatic N) is 5. The molecule has 1 saturated heterocycles. The lowest BCUT2D eigenvalue weighted by molar-refractivity contribution is 0.150. The highest BCUT2D eigenvalue weighted by molar-refractivity contribution is 7.11. The van der Waals surface area contributed by atoms with Crippen molar-refractivity contribution in [3.05, 3.63) is 33.8 Å². The van der Waals surface area contributed by atoms with Gasteiger partial charge >= 0.3 is 0 Å². The van der Waals surface area contributed by atoms with E-state index in [0.29, 0.717) is 12.5 Å². The Balaban J connectivity index is 1.78. The number of hydrogen-bond donors (Lipinski definition) is 1. The first kappa shape index (κ1) is 19.0. The van der Waals surface area contributed by atoms with Crippen molar-refractivity contribution >= 4 is 28.3 Å². The molecule has 0 unspecified atom stereocenters. The van der Waals surface area contributed by atoms with Crippen LogP contribution in [0.1, 0.15) is 22.9 Å². The highest BCUT2D eigenvalue weighted by atomic mass is 32.1. The molecular formula is C16H15F5N6S. The third-order valence-electron chi connectivity index (χ3n) is 4.59. The average Bonchev–Trinajstić information content (AvgIpc) is 3.24. The van der Waals surface area contributed by atoms with E-state index in [1.807, 2.05) is 0 Å². The minimum Gasteiger partial charge on any atom is -0.340 e. The summed E-state index contributed by atoms with van der Waals surface area (Å²) in [6.07, 6.45) is -3.72. The second-order valence-corrected chi connectivity index (χ2v) is 7.60. The van der Waals surface area contributed by atoms with Gasteiger partial charge in [0.05, 0.1) is 23.6 Å². The molecule has 3 heterocycles. The minimum absolute atomic E-state index is 0.0217. The van der Waals surface area contributed by atoms with Crippen molar-refractivity contribution in [2.24, 2.45) is 5.73 Å². The van der Waals surface area contributed by atoms with Crippen LogP contribution >= 0.6 is 11.3 Å². The van der Waals surface area contributed by atoms with Crippen molar-refractivity contribution in [1.29, 1.82) is 0 Å². The largest absolute Gasteiger partial charge is 0.340 e. The van der Waals surface area contributed by atoms with Crippen molar-refractivity contribution in [2.45, 2.75) is 31.6 Å². The van der Waals surface area contributed by atoms with E-state index in [1.165, 1.54) is 4.57 Å². The van der Waals surface area contributed by atoms with Crippen molar-refractivity contribution < 1.29 is 22.0 Å². The molecule has 3 aromatic rings. The molecule has 0 bridgehead atoms. The second-order valence-electron chi connectivity index (χ2n) is 6.50. The van der Waals surface area contributed by atoms with Gasteiger partial charge in [0.1, 0.15) is 11.2 Å². The van der Waals surface area contributed by atoms with E-state index in [0.717, 1.165) is 23.5 Å². The molecule has 1 fully saturated rings.